The number of nitrogens with one attached hydrogen (secondary N) is 1. The lowest BCUT2D eigenvalue weighted by Crippen LogP contribution is -2.16. The van der Waals surface area contributed by atoms with Gasteiger partial charge in [-0.2, -0.15) is 0 Å². The second kappa shape index (κ2) is 8.09. The fourth-order valence-corrected chi connectivity index (χ4v) is 4.06. The van der Waals surface area contributed by atoms with Crippen LogP contribution >= 0.6 is 0 Å². The molecule has 0 bridgehead atoms. The van der Waals surface area contributed by atoms with Gasteiger partial charge in [-0.15, -0.1) is 0 Å². The van der Waals surface area contributed by atoms with Crippen molar-refractivity contribution in [3.63, 3.8) is 0 Å². The van der Waals surface area contributed by atoms with Crippen LogP contribution in [0.3, 0.4) is 0 Å². The van der Waals surface area contributed by atoms with Gasteiger partial charge < -0.3 is 10.1 Å². The van der Waals surface area contributed by atoms with Crippen LogP contribution in [0.4, 0.5) is 5.69 Å². The number of anilines is 1. The predicted octanol–water partition coefficient (Wildman–Crippen LogP) is 6.01. The zero-order valence-corrected chi connectivity index (χ0v) is 16.5. The molecule has 4 heteroatoms. The Kier molecular flexibility index (Phi) is 4.99. The second-order valence-corrected chi connectivity index (χ2v) is 7.50. The minimum Gasteiger partial charge on any atom is -0.374 e. The first kappa shape index (κ1) is 18.5. The first-order valence-corrected chi connectivity index (χ1v) is 10.3. The second-order valence-electron chi connectivity index (χ2n) is 7.50. The van der Waals surface area contributed by atoms with Gasteiger partial charge in [0.1, 0.15) is 0 Å². The molecule has 4 nitrogen and oxygen atoms in total. The molecule has 1 aromatic heterocycles. The third kappa shape index (κ3) is 3.58. The molecule has 2 heterocycles. The van der Waals surface area contributed by atoms with Crippen LogP contribution < -0.4 is 5.32 Å². The van der Waals surface area contributed by atoms with Gasteiger partial charge in [0.25, 0.3) is 5.91 Å². The van der Waals surface area contributed by atoms with E-state index in [9.17, 15) is 4.79 Å². The summed E-state index contributed by atoms with van der Waals surface area (Å²) in [7, 11) is 0. The Bertz CT molecular complexity index is 1190. The Balaban J connectivity index is 1.55. The number of fused-ring (bicyclic) bond motifs is 1. The molecule has 1 N–H and O–H groups in total. The number of hydrogen-bond donors (Lipinski definition) is 1. The van der Waals surface area contributed by atoms with E-state index in [1.165, 1.54) is 0 Å². The molecule has 1 atom stereocenters. The first-order valence-electron chi connectivity index (χ1n) is 10.3. The highest BCUT2D eigenvalue weighted by Crippen LogP contribution is 2.34. The maximum Gasteiger partial charge on any atom is 0.256 e. The normalized spacial score (nSPS) is 15.9. The molecule has 1 fully saturated rings. The van der Waals surface area contributed by atoms with Crippen LogP contribution in [-0.4, -0.2) is 17.5 Å². The van der Waals surface area contributed by atoms with Crippen molar-refractivity contribution in [3.05, 3.63) is 96.2 Å². The van der Waals surface area contributed by atoms with Crippen LogP contribution in [0.15, 0.2) is 85.1 Å². The Hall–Kier alpha value is -3.50. The molecule has 1 unspecified atom stereocenters. The zero-order valence-electron chi connectivity index (χ0n) is 16.5. The number of nitrogens with zero attached hydrogens (tertiary/aromatic N) is 1. The number of carbonyl (C=O) groups excluding carboxylic acids is 1. The van der Waals surface area contributed by atoms with E-state index in [0.29, 0.717) is 11.3 Å². The van der Waals surface area contributed by atoms with E-state index in [0.717, 1.165) is 47.0 Å². The van der Waals surface area contributed by atoms with E-state index in [4.69, 9.17) is 4.74 Å². The summed E-state index contributed by atoms with van der Waals surface area (Å²) in [6, 6.07) is 25.9. The molecule has 1 aliphatic heterocycles. The lowest BCUT2D eigenvalue weighted by Gasteiger charge is -2.17. The molecule has 0 saturated carbocycles. The average molecular weight is 394 g/mol. The number of carbonyl (C=O) groups is 1. The number of aromatic nitrogens is 1. The van der Waals surface area contributed by atoms with Crippen molar-refractivity contribution in [2.45, 2.75) is 18.9 Å². The highest BCUT2D eigenvalue weighted by atomic mass is 16.5. The standard InChI is InChI=1S/C26H22N2O2/c29-26(28-23-11-4-9-19-10-5-15-27-25(19)23)22-17-20(18-7-2-1-3-8-18)13-14-21(22)24-12-6-16-30-24/h1-5,7-11,13-15,17,24H,6,12,16H2,(H,28,29). The van der Waals surface area contributed by atoms with Crippen LogP contribution in [-0.2, 0) is 4.74 Å². The SMILES string of the molecule is O=C(Nc1cccc2cccnc12)c1cc(-c2ccccc2)ccc1C1CCCO1. The number of ether oxygens (including phenoxy) is 1. The van der Waals surface area contributed by atoms with Gasteiger partial charge in [-0.3, -0.25) is 9.78 Å². The van der Waals surface area contributed by atoms with E-state index in [1.54, 1.807) is 6.20 Å². The number of benzene rings is 3. The van der Waals surface area contributed by atoms with Gasteiger partial charge >= 0.3 is 0 Å². The van der Waals surface area contributed by atoms with E-state index >= 15 is 0 Å². The van der Waals surface area contributed by atoms with Crippen molar-refractivity contribution in [1.29, 1.82) is 0 Å². The molecule has 0 aliphatic carbocycles. The number of hydrogen-bond acceptors (Lipinski definition) is 3. The first-order chi connectivity index (χ1) is 14.8. The number of para-hydroxylation sites is 1. The molecular weight excluding hydrogens is 372 g/mol. The monoisotopic (exact) mass is 394 g/mol. The topological polar surface area (TPSA) is 51.2 Å². The molecule has 148 valence electrons. The summed E-state index contributed by atoms with van der Waals surface area (Å²) in [5.74, 6) is -0.142. The molecule has 5 rings (SSSR count). The van der Waals surface area contributed by atoms with Crippen molar-refractivity contribution >= 4 is 22.5 Å². The Labute approximate surface area is 175 Å². The molecule has 0 radical (unpaired) electrons. The smallest absolute Gasteiger partial charge is 0.256 e. The van der Waals surface area contributed by atoms with Gasteiger partial charge in [0.05, 0.1) is 17.3 Å². The number of amides is 1. The molecule has 1 saturated heterocycles. The van der Waals surface area contributed by atoms with E-state index in [2.05, 4.69) is 28.5 Å². The summed E-state index contributed by atoms with van der Waals surface area (Å²) in [4.78, 5) is 17.9. The van der Waals surface area contributed by atoms with Crippen LogP contribution in [0.25, 0.3) is 22.0 Å². The fourth-order valence-electron chi connectivity index (χ4n) is 4.06. The third-order valence-electron chi connectivity index (χ3n) is 5.56. The van der Waals surface area contributed by atoms with Crippen LogP contribution in [0.5, 0.6) is 0 Å². The van der Waals surface area contributed by atoms with Crippen molar-refractivity contribution in [2.75, 3.05) is 11.9 Å². The third-order valence-corrected chi connectivity index (χ3v) is 5.56. The van der Waals surface area contributed by atoms with Crippen LogP contribution in [0.2, 0.25) is 0 Å². The quantitative estimate of drug-likeness (QED) is 0.461. The summed E-state index contributed by atoms with van der Waals surface area (Å²) in [5.41, 5.74) is 5.18. The van der Waals surface area contributed by atoms with Crippen molar-refractivity contribution in [2.24, 2.45) is 0 Å². The number of rotatable bonds is 4. The lowest BCUT2D eigenvalue weighted by atomic mass is 9.94. The Morgan fingerprint density at radius 3 is 2.63 bits per heavy atom. The molecule has 4 aromatic rings. The molecule has 1 aliphatic rings. The van der Waals surface area contributed by atoms with Crippen molar-refractivity contribution in [1.82, 2.24) is 4.98 Å². The van der Waals surface area contributed by atoms with Gasteiger partial charge in [0.15, 0.2) is 0 Å². The predicted molar refractivity (Wildman–Crippen MR) is 120 cm³/mol. The van der Waals surface area contributed by atoms with Crippen molar-refractivity contribution in [3.8, 4) is 11.1 Å². The van der Waals surface area contributed by atoms with E-state index in [-0.39, 0.29) is 12.0 Å². The zero-order chi connectivity index (χ0) is 20.3. The summed E-state index contributed by atoms with van der Waals surface area (Å²) in [6.45, 7) is 0.736. The average Bonchev–Trinajstić information content (AvgIpc) is 3.34. The van der Waals surface area contributed by atoms with Gasteiger partial charge in [0.2, 0.25) is 0 Å². The van der Waals surface area contributed by atoms with Gasteiger partial charge in [-0.05, 0) is 47.7 Å². The summed E-state index contributed by atoms with van der Waals surface area (Å²) in [6.07, 6.45) is 3.65. The summed E-state index contributed by atoms with van der Waals surface area (Å²) < 4.78 is 5.90. The minimum atomic E-state index is -0.142. The Morgan fingerprint density at radius 1 is 0.933 bits per heavy atom. The lowest BCUT2D eigenvalue weighted by molar-refractivity contribution is 0.0987. The molecule has 0 spiro atoms. The van der Waals surface area contributed by atoms with Gasteiger partial charge in [-0.25, -0.2) is 0 Å². The number of pyridine rings is 1. The van der Waals surface area contributed by atoms with Crippen LogP contribution in [0, 0.1) is 0 Å². The van der Waals surface area contributed by atoms with Crippen LogP contribution in [0.1, 0.15) is 34.9 Å². The maximum atomic E-state index is 13.4. The molecule has 3 aromatic carbocycles. The van der Waals surface area contributed by atoms with Crippen molar-refractivity contribution < 1.29 is 9.53 Å². The largest absolute Gasteiger partial charge is 0.374 e. The van der Waals surface area contributed by atoms with E-state index < -0.39 is 0 Å². The summed E-state index contributed by atoms with van der Waals surface area (Å²) >= 11 is 0. The summed E-state index contributed by atoms with van der Waals surface area (Å²) in [5, 5.41) is 4.08. The minimum absolute atomic E-state index is 0.0405. The molecule has 1 amide bonds. The van der Waals surface area contributed by atoms with Gasteiger partial charge in [0, 0.05) is 23.8 Å². The highest BCUT2D eigenvalue weighted by Gasteiger charge is 2.24. The maximum absolute atomic E-state index is 13.4. The molecular formula is C26H22N2O2. The fraction of sp³-hybridized carbons (Fsp3) is 0.154. The van der Waals surface area contributed by atoms with Gasteiger partial charge in [-0.1, -0.05) is 60.7 Å². The van der Waals surface area contributed by atoms with E-state index in [1.807, 2.05) is 60.7 Å². The molecule has 30 heavy (non-hydrogen) atoms. The highest BCUT2D eigenvalue weighted by molar-refractivity contribution is 6.09. The Morgan fingerprint density at radius 2 is 1.80 bits per heavy atom.